The molecule has 6 heavy (non-hydrogen) atoms. The lowest BCUT2D eigenvalue weighted by Crippen LogP contribution is -2.06. The summed E-state index contributed by atoms with van der Waals surface area (Å²) in [6.45, 7) is 0. The zero-order valence-electron chi connectivity index (χ0n) is 2.66. The zero-order valence-corrected chi connectivity index (χ0v) is 4.29. The van der Waals surface area contributed by atoms with E-state index in [0.29, 0.717) is 3.39 Å². The molecule has 5 heteroatoms. The Balaban J connectivity index is 3.68. The average molecular weight is 124 g/mol. The Labute approximate surface area is 46.0 Å². The molecule has 0 aliphatic carbocycles. The molecule has 0 bridgehead atoms. The van der Waals surface area contributed by atoms with Crippen molar-refractivity contribution in [3.05, 3.63) is 0 Å². The van der Waals surface area contributed by atoms with Crippen molar-refractivity contribution >= 4 is 31.7 Å². The van der Waals surface area contributed by atoms with E-state index in [1.807, 2.05) is 0 Å². The van der Waals surface area contributed by atoms with Gasteiger partial charge < -0.3 is 39.2 Å². The number of hydrogen-bond donors (Lipinski definition) is 2. The van der Waals surface area contributed by atoms with Gasteiger partial charge in [0.25, 0.3) is 0 Å². The predicted octanol–water partition coefficient (Wildman–Crippen LogP) is -0.605. The third-order valence-electron chi connectivity index (χ3n) is 0.163. The molecule has 0 radical (unpaired) electrons. The Kier molecular flexibility index (Phi) is 1.89. The second kappa shape index (κ2) is 1.99. The van der Waals surface area contributed by atoms with Crippen molar-refractivity contribution in [3.63, 3.8) is 0 Å². The van der Waals surface area contributed by atoms with Crippen LogP contribution < -0.4 is 0 Å². The molecule has 0 aromatic heterocycles. The van der Waals surface area contributed by atoms with Crippen molar-refractivity contribution in [2.45, 2.75) is 0 Å². The number of rotatable bonds is 0. The van der Waals surface area contributed by atoms with E-state index in [0.717, 1.165) is 0 Å². The van der Waals surface area contributed by atoms with E-state index in [4.69, 9.17) is 10.2 Å². The van der Waals surface area contributed by atoms with Crippen LogP contribution in [0.4, 0.5) is 0 Å². The van der Waals surface area contributed by atoms with Gasteiger partial charge in [0.2, 0.25) is 0 Å². The minimum absolute atomic E-state index is 0.361. The van der Waals surface area contributed by atoms with Crippen LogP contribution in [-0.4, -0.2) is 19.7 Å². The summed E-state index contributed by atoms with van der Waals surface area (Å²) >= 11 is 8.03. The molecular weight excluding hydrogens is 122 g/mol. The maximum Gasteiger partial charge on any atom is 0.513 e. The summed E-state index contributed by atoms with van der Waals surface area (Å²) in [7, 11) is 0. The largest absolute Gasteiger partial charge is 0.513 e. The molecule has 0 aromatic rings. The molecule has 0 aliphatic heterocycles. The molecule has 36 valence electrons. The van der Waals surface area contributed by atoms with Crippen LogP contribution in [0, 0.1) is 0 Å². The standard InChI is InChI=1S/CH2NO2S2/c3-1(4)2(5)6/h(H2-,3,4,5,6)/q-1. The molecule has 0 spiro atoms. The molecule has 0 unspecified atom stereocenters. The first-order valence-corrected chi connectivity index (χ1v) is 1.77. The van der Waals surface area contributed by atoms with Crippen molar-refractivity contribution < 1.29 is 13.6 Å². The maximum absolute atomic E-state index is 7.82. The van der Waals surface area contributed by atoms with Gasteiger partial charge in [0.1, 0.15) is 0 Å². The Morgan fingerprint density at radius 3 is 1.50 bits per heavy atom. The molecule has 0 heterocycles. The first-order valence-electron chi connectivity index (χ1n) is 1.04. The highest BCUT2D eigenvalue weighted by atomic mass is 32.2. The lowest BCUT2D eigenvalue weighted by atomic mass is 11.4. The third kappa shape index (κ3) is 1.98. The van der Waals surface area contributed by atoms with Gasteiger partial charge in [-0.3, -0.25) is 0 Å². The van der Waals surface area contributed by atoms with Crippen LogP contribution in [0.2, 0.25) is 0 Å². The van der Waals surface area contributed by atoms with E-state index in [-0.39, 0.29) is 0 Å². The Morgan fingerprint density at radius 1 is 1.33 bits per heavy atom. The normalized spacial score (nSPS) is 7.33. The molecule has 0 aliphatic rings. The van der Waals surface area contributed by atoms with Crippen LogP contribution in [0.5, 0.6) is 0 Å². The van der Waals surface area contributed by atoms with Crippen molar-refractivity contribution in [2.24, 2.45) is 0 Å². The van der Waals surface area contributed by atoms with Crippen molar-refractivity contribution in [2.75, 3.05) is 0 Å². The van der Waals surface area contributed by atoms with Crippen molar-refractivity contribution in [1.82, 2.24) is 0 Å². The summed E-state index contributed by atoms with van der Waals surface area (Å²) in [5.74, 6) is 0. The van der Waals surface area contributed by atoms with Gasteiger partial charge in [-0.25, -0.2) is 0 Å². The van der Waals surface area contributed by atoms with Crippen LogP contribution in [0.1, 0.15) is 0 Å². The van der Waals surface area contributed by atoms with E-state index in [1.54, 1.807) is 0 Å². The fraction of sp³-hybridized carbons (Fsp3) is 0. The third-order valence-corrected chi connectivity index (χ3v) is 0.490. The van der Waals surface area contributed by atoms with Gasteiger partial charge in [-0.15, -0.1) is 0 Å². The van der Waals surface area contributed by atoms with E-state index >= 15 is 0 Å². The Hall–Kier alpha value is -0.290. The fourth-order valence-electron chi connectivity index (χ4n) is 0. The van der Waals surface area contributed by atoms with E-state index in [9.17, 15) is 0 Å². The molecule has 3 nitrogen and oxygen atoms in total. The van der Waals surface area contributed by atoms with Gasteiger partial charge in [-0.05, 0) is 0 Å². The van der Waals surface area contributed by atoms with Gasteiger partial charge in [0, 0.05) is 0 Å². The monoisotopic (exact) mass is 124 g/mol. The predicted molar refractivity (Wildman–Crippen MR) is 25.3 cm³/mol. The number of aliphatic hydroxyl groups excluding tert-OH is 1. The van der Waals surface area contributed by atoms with E-state index in [1.165, 1.54) is 0 Å². The number of aliphatic hydroxyl groups is 2. The molecule has 0 fully saturated rings. The van der Waals surface area contributed by atoms with Crippen LogP contribution >= 0.6 is 0 Å². The molecule has 0 saturated carbocycles. The summed E-state index contributed by atoms with van der Waals surface area (Å²) in [5.41, 5.74) is 0. The first-order chi connectivity index (χ1) is 2.64. The van der Waals surface area contributed by atoms with Gasteiger partial charge in [-0.2, -0.15) is 0 Å². The minimum Gasteiger partial charge on any atom is -0.446 e. The van der Waals surface area contributed by atoms with Crippen molar-refractivity contribution in [1.29, 1.82) is 0 Å². The molecule has 0 atom stereocenters. The number of hydrogen-bond acceptors (Lipinski definition) is 2. The second-order valence-corrected chi connectivity index (χ2v) is 1.52. The van der Waals surface area contributed by atoms with Crippen LogP contribution in [0.3, 0.4) is 0 Å². The summed E-state index contributed by atoms with van der Waals surface area (Å²) in [6.07, 6.45) is -1.03. The van der Waals surface area contributed by atoms with Gasteiger partial charge in [0.15, 0.2) is 0 Å². The molecule has 0 aromatic carbocycles. The lowest BCUT2D eigenvalue weighted by molar-refractivity contribution is -0.163. The maximum atomic E-state index is 7.82. The number of nitrogens with zero attached hydrogens (tertiary/aromatic N) is 1. The van der Waals surface area contributed by atoms with Gasteiger partial charge >= 0.3 is 6.08 Å². The summed E-state index contributed by atoms with van der Waals surface area (Å²) in [4.78, 5) is 0. The average Bonchev–Trinajstić information content (AvgIpc) is 1.36. The minimum atomic E-state index is -1.03. The highest BCUT2D eigenvalue weighted by molar-refractivity contribution is 7.65. The Morgan fingerprint density at radius 2 is 1.50 bits per heavy atom. The molecule has 2 N–H and O–H groups in total. The SMILES string of the molecule is OC(O)=[N+]([S-])[S-]. The summed E-state index contributed by atoms with van der Waals surface area (Å²) in [5, 5.41) is 15.6. The summed E-state index contributed by atoms with van der Waals surface area (Å²) in [6, 6.07) is 0. The molecular formula is CH2NO2S2-. The quantitative estimate of drug-likeness (QED) is 0.196. The van der Waals surface area contributed by atoms with Crippen LogP contribution in [0.25, 0.3) is 0 Å². The molecule has 0 rings (SSSR count). The highest BCUT2D eigenvalue weighted by Crippen LogP contribution is 1.58. The zero-order chi connectivity index (χ0) is 5.15. The summed E-state index contributed by atoms with van der Waals surface area (Å²) < 4.78 is 0.361. The topological polar surface area (TPSA) is 43.5 Å². The first kappa shape index (κ1) is 5.71. The second-order valence-electron chi connectivity index (χ2n) is 0.557. The van der Waals surface area contributed by atoms with Gasteiger partial charge in [0.05, 0.1) is 0 Å². The Bertz CT molecular complexity index is 61.6. The fourth-order valence-corrected chi connectivity index (χ4v) is 0. The van der Waals surface area contributed by atoms with Crippen LogP contribution in [-0.2, 0) is 25.6 Å². The lowest BCUT2D eigenvalue weighted by Gasteiger charge is -2.02. The van der Waals surface area contributed by atoms with Crippen molar-refractivity contribution in [3.8, 4) is 0 Å². The molecule has 0 saturated heterocycles. The smallest absolute Gasteiger partial charge is 0.446 e. The van der Waals surface area contributed by atoms with E-state index < -0.39 is 6.08 Å². The van der Waals surface area contributed by atoms with Crippen LogP contribution in [0.15, 0.2) is 0 Å². The van der Waals surface area contributed by atoms with Gasteiger partial charge in [-0.1, -0.05) is 0 Å². The van der Waals surface area contributed by atoms with E-state index in [2.05, 4.69) is 25.6 Å². The highest BCUT2D eigenvalue weighted by Gasteiger charge is 1.80. The molecule has 0 amide bonds.